The van der Waals surface area contributed by atoms with E-state index in [-0.39, 0.29) is 5.91 Å². The lowest BCUT2D eigenvalue weighted by atomic mass is 10.1. The van der Waals surface area contributed by atoms with Crippen LogP contribution < -0.4 is 5.32 Å². The van der Waals surface area contributed by atoms with Crippen LogP contribution in [0.3, 0.4) is 0 Å². The highest BCUT2D eigenvalue weighted by atomic mass is 16.1. The van der Waals surface area contributed by atoms with E-state index < -0.39 is 0 Å². The molecule has 2 rings (SSSR count). The molecule has 0 aliphatic rings. The minimum Gasteiger partial charge on any atom is -0.356 e. The van der Waals surface area contributed by atoms with Crippen molar-refractivity contribution in [3.05, 3.63) is 34.4 Å². The first-order valence-corrected chi connectivity index (χ1v) is 7.75. The van der Waals surface area contributed by atoms with Gasteiger partial charge < -0.3 is 5.32 Å². The smallest absolute Gasteiger partial charge is 0.220 e. The number of aromatic amines is 1. The van der Waals surface area contributed by atoms with Crippen molar-refractivity contribution in [1.29, 1.82) is 0 Å². The Hall–Kier alpha value is -2.11. The Morgan fingerprint density at radius 3 is 2.68 bits per heavy atom. The molecule has 6 heteroatoms. The summed E-state index contributed by atoms with van der Waals surface area (Å²) in [6.45, 7) is 9.44. The van der Waals surface area contributed by atoms with E-state index in [2.05, 4.69) is 26.7 Å². The summed E-state index contributed by atoms with van der Waals surface area (Å²) < 4.78 is 1.96. The molecule has 0 unspecified atom stereocenters. The molecule has 0 saturated carbocycles. The van der Waals surface area contributed by atoms with Crippen molar-refractivity contribution in [2.75, 3.05) is 6.54 Å². The average molecular weight is 303 g/mol. The Morgan fingerprint density at radius 2 is 2.09 bits per heavy atom. The maximum absolute atomic E-state index is 11.9. The highest BCUT2D eigenvalue weighted by Gasteiger charge is 2.07. The number of hydrogen-bond acceptors (Lipinski definition) is 3. The van der Waals surface area contributed by atoms with Gasteiger partial charge in [-0.25, -0.2) is 0 Å². The molecule has 0 aromatic carbocycles. The van der Waals surface area contributed by atoms with Crippen molar-refractivity contribution < 1.29 is 4.79 Å². The predicted molar refractivity (Wildman–Crippen MR) is 85.7 cm³/mol. The number of aryl methyl sites for hydroxylation is 5. The van der Waals surface area contributed by atoms with E-state index in [0.29, 0.717) is 13.0 Å². The number of hydrogen-bond donors (Lipinski definition) is 2. The number of carbonyl (C=O) groups excluding carboxylic acids is 1. The molecule has 0 atom stereocenters. The molecule has 2 N–H and O–H groups in total. The van der Waals surface area contributed by atoms with Crippen molar-refractivity contribution in [1.82, 2.24) is 25.3 Å². The maximum atomic E-state index is 11.9. The Bertz CT molecular complexity index is 622. The first-order chi connectivity index (χ1) is 10.5. The molecular weight excluding hydrogens is 278 g/mol. The van der Waals surface area contributed by atoms with Gasteiger partial charge in [-0.3, -0.25) is 14.6 Å². The number of nitrogens with one attached hydrogen (secondary N) is 2. The molecule has 120 valence electrons. The second-order valence-electron chi connectivity index (χ2n) is 5.77. The molecule has 0 radical (unpaired) electrons. The van der Waals surface area contributed by atoms with Gasteiger partial charge in [-0.05, 0) is 52.2 Å². The van der Waals surface area contributed by atoms with Gasteiger partial charge in [0, 0.05) is 30.9 Å². The minimum atomic E-state index is 0.0975. The molecule has 2 aromatic rings. The second kappa shape index (κ2) is 7.24. The third-order valence-electron chi connectivity index (χ3n) is 3.85. The molecule has 0 aliphatic heterocycles. The topological polar surface area (TPSA) is 75.6 Å². The quantitative estimate of drug-likeness (QED) is 0.821. The predicted octanol–water partition coefficient (Wildman–Crippen LogP) is 1.98. The van der Waals surface area contributed by atoms with E-state index >= 15 is 0 Å². The monoisotopic (exact) mass is 303 g/mol. The van der Waals surface area contributed by atoms with Crippen LogP contribution in [-0.2, 0) is 17.8 Å². The molecule has 22 heavy (non-hydrogen) atoms. The van der Waals surface area contributed by atoms with Crippen LogP contribution >= 0.6 is 0 Å². The highest BCUT2D eigenvalue weighted by molar-refractivity contribution is 5.75. The van der Waals surface area contributed by atoms with E-state index in [1.54, 1.807) is 0 Å². The lowest BCUT2D eigenvalue weighted by Crippen LogP contribution is -2.26. The SMILES string of the molecule is Cc1cc(C)n(CCCC(=O)NCCc2c(C)n[nH]c2C)n1. The van der Waals surface area contributed by atoms with E-state index in [4.69, 9.17) is 0 Å². The summed E-state index contributed by atoms with van der Waals surface area (Å²) in [6.07, 6.45) is 2.15. The number of nitrogens with zero attached hydrogens (tertiary/aromatic N) is 3. The molecule has 2 aromatic heterocycles. The largest absolute Gasteiger partial charge is 0.356 e. The van der Waals surface area contributed by atoms with Crippen LogP contribution in [0.4, 0.5) is 0 Å². The number of rotatable bonds is 7. The zero-order valence-electron chi connectivity index (χ0n) is 13.9. The molecule has 0 aliphatic carbocycles. The van der Waals surface area contributed by atoms with Gasteiger partial charge in [-0.1, -0.05) is 0 Å². The van der Waals surface area contributed by atoms with Crippen LogP contribution in [0.2, 0.25) is 0 Å². The number of amides is 1. The van der Waals surface area contributed by atoms with Crippen molar-refractivity contribution in [3.63, 3.8) is 0 Å². The maximum Gasteiger partial charge on any atom is 0.220 e. The van der Waals surface area contributed by atoms with Crippen molar-refractivity contribution in [2.24, 2.45) is 0 Å². The fourth-order valence-corrected chi connectivity index (χ4v) is 2.65. The molecule has 1 amide bonds. The fourth-order valence-electron chi connectivity index (χ4n) is 2.65. The number of carbonyl (C=O) groups is 1. The molecule has 2 heterocycles. The molecular formula is C16H25N5O. The van der Waals surface area contributed by atoms with Crippen molar-refractivity contribution in [3.8, 4) is 0 Å². The summed E-state index contributed by atoms with van der Waals surface area (Å²) in [5.41, 5.74) is 5.45. The minimum absolute atomic E-state index is 0.0975. The third-order valence-corrected chi connectivity index (χ3v) is 3.85. The summed E-state index contributed by atoms with van der Waals surface area (Å²) in [5, 5.41) is 14.5. The van der Waals surface area contributed by atoms with Crippen molar-refractivity contribution in [2.45, 2.75) is 53.5 Å². The van der Waals surface area contributed by atoms with Crippen LogP contribution in [0.25, 0.3) is 0 Å². The summed E-state index contributed by atoms with van der Waals surface area (Å²) in [6, 6.07) is 2.05. The summed E-state index contributed by atoms with van der Waals surface area (Å²) in [7, 11) is 0. The summed E-state index contributed by atoms with van der Waals surface area (Å²) in [4.78, 5) is 11.9. The van der Waals surface area contributed by atoms with Gasteiger partial charge in [0.2, 0.25) is 5.91 Å². The molecule has 0 spiro atoms. The Labute approximate surface area is 131 Å². The van der Waals surface area contributed by atoms with E-state index in [1.165, 1.54) is 5.56 Å². The fraction of sp³-hybridized carbons (Fsp3) is 0.562. The van der Waals surface area contributed by atoms with E-state index in [0.717, 1.165) is 42.2 Å². The summed E-state index contributed by atoms with van der Waals surface area (Å²) >= 11 is 0. The van der Waals surface area contributed by atoms with E-state index in [9.17, 15) is 4.79 Å². The summed E-state index contributed by atoms with van der Waals surface area (Å²) in [5.74, 6) is 0.0975. The first kappa shape index (κ1) is 16.3. The van der Waals surface area contributed by atoms with Gasteiger partial charge in [0.05, 0.1) is 11.4 Å². The number of H-pyrrole nitrogens is 1. The van der Waals surface area contributed by atoms with Crippen LogP contribution in [0, 0.1) is 27.7 Å². The second-order valence-corrected chi connectivity index (χ2v) is 5.77. The molecule has 0 fully saturated rings. The van der Waals surface area contributed by atoms with Crippen molar-refractivity contribution >= 4 is 5.91 Å². The first-order valence-electron chi connectivity index (χ1n) is 7.75. The van der Waals surface area contributed by atoms with Gasteiger partial charge >= 0.3 is 0 Å². The molecule has 6 nitrogen and oxygen atoms in total. The van der Waals surface area contributed by atoms with Gasteiger partial charge in [-0.2, -0.15) is 10.2 Å². The van der Waals surface area contributed by atoms with Gasteiger partial charge in [-0.15, -0.1) is 0 Å². The normalized spacial score (nSPS) is 10.9. The highest BCUT2D eigenvalue weighted by Crippen LogP contribution is 2.09. The molecule has 0 bridgehead atoms. The van der Waals surface area contributed by atoms with Crippen LogP contribution in [0.15, 0.2) is 6.07 Å². The Morgan fingerprint density at radius 1 is 1.32 bits per heavy atom. The van der Waals surface area contributed by atoms with Gasteiger partial charge in [0.1, 0.15) is 0 Å². The molecule has 0 saturated heterocycles. The Balaban J connectivity index is 1.67. The van der Waals surface area contributed by atoms with Crippen LogP contribution in [0.1, 0.15) is 41.2 Å². The van der Waals surface area contributed by atoms with Crippen LogP contribution in [-0.4, -0.2) is 32.4 Å². The zero-order valence-corrected chi connectivity index (χ0v) is 13.9. The average Bonchev–Trinajstić information content (AvgIpc) is 2.94. The lowest BCUT2D eigenvalue weighted by Gasteiger charge is -2.07. The van der Waals surface area contributed by atoms with E-state index in [1.807, 2.05) is 32.4 Å². The zero-order chi connectivity index (χ0) is 16.1. The van der Waals surface area contributed by atoms with Gasteiger partial charge in [0.15, 0.2) is 0 Å². The van der Waals surface area contributed by atoms with Crippen LogP contribution in [0.5, 0.6) is 0 Å². The standard InChI is InChI=1S/C16H25N5O/c1-11-10-12(2)21(20-11)9-5-6-16(22)17-8-7-15-13(3)18-19-14(15)4/h10H,5-9H2,1-4H3,(H,17,22)(H,18,19). The lowest BCUT2D eigenvalue weighted by molar-refractivity contribution is -0.121. The number of aromatic nitrogens is 4. The van der Waals surface area contributed by atoms with Gasteiger partial charge in [0.25, 0.3) is 0 Å². The Kier molecular flexibility index (Phi) is 5.35. The third kappa shape index (κ3) is 4.19.